The highest BCUT2D eigenvalue weighted by atomic mass is 32.1. The van der Waals surface area contributed by atoms with Crippen LogP contribution in [0, 0.1) is 5.82 Å². The summed E-state index contributed by atoms with van der Waals surface area (Å²) in [5, 5.41) is 3.57. The lowest BCUT2D eigenvalue weighted by molar-refractivity contribution is 0.0997. The molecule has 2 amide bonds. The third kappa shape index (κ3) is 4.30. The molecule has 0 spiro atoms. The summed E-state index contributed by atoms with van der Waals surface area (Å²) in [6.07, 6.45) is 3.60. The van der Waals surface area contributed by atoms with Gasteiger partial charge in [-0.15, -0.1) is 11.3 Å². The number of anilines is 1. The van der Waals surface area contributed by atoms with Gasteiger partial charge in [-0.3, -0.25) is 9.59 Å². The Morgan fingerprint density at radius 3 is 2.71 bits per heavy atom. The van der Waals surface area contributed by atoms with E-state index in [0.717, 1.165) is 36.1 Å². The maximum Gasteiger partial charge on any atom is 0.261 e. The second kappa shape index (κ2) is 9.34. The van der Waals surface area contributed by atoms with Crippen LogP contribution in [0.25, 0.3) is 11.0 Å². The second-order valence-corrected chi connectivity index (χ2v) is 9.23. The number of fused-ring (bicyclic) bond motifs is 2. The van der Waals surface area contributed by atoms with Crippen molar-refractivity contribution < 1.29 is 23.1 Å². The van der Waals surface area contributed by atoms with Gasteiger partial charge < -0.3 is 20.2 Å². The van der Waals surface area contributed by atoms with Crippen LogP contribution in [0.5, 0.6) is 5.75 Å². The third-order valence-corrected chi connectivity index (χ3v) is 7.11. The number of methoxy groups -OCH3 is 1. The quantitative estimate of drug-likeness (QED) is 0.405. The number of halogens is 1. The van der Waals surface area contributed by atoms with Crippen LogP contribution in [0.15, 0.2) is 57.9 Å². The Hall–Kier alpha value is -3.98. The number of nitrogens with one attached hydrogen (secondary N) is 1. The summed E-state index contributed by atoms with van der Waals surface area (Å²) in [6.45, 7) is 0. The van der Waals surface area contributed by atoms with Gasteiger partial charge in [0.1, 0.15) is 16.4 Å². The van der Waals surface area contributed by atoms with Crippen LogP contribution in [-0.4, -0.2) is 18.9 Å². The monoisotopic (exact) mass is 491 g/mol. The first-order chi connectivity index (χ1) is 17.0. The maximum atomic E-state index is 14.2. The Bertz CT molecular complexity index is 1540. The number of carbonyl (C=O) groups excluding carboxylic acids is 2. The number of hydrogen-bond donors (Lipinski definition) is 2. The van der Waals surface area contributed by atoms with Crippen LogP contribution in [0.1, 0.15) is 44.0 Å². The van der Waals surface area contributed by atoms with Crippen molar-refractivity contribution in [3.63, 3.8) is 0 Å². The van der Waals surface area contributed by atoms with Crippen LogP contribution in [0.4, 0.5) is 15.1 Å². The number of nitrogens with zero attached hydrogens (tertiary/aromatic N) is 1. The number of para-hydroxylation sites is 2. The minimum absolute atomic E-state index is 0.0265. The number of rotatable bonds is 5. The molecule has 4 aromatic rings. The Morgan fingerprint density at radius 1 is 1.14 bits per heavy atom. The standard InChI is InChI=1S/C26H22FN3O4S/c1-33-19-11-6-7-14-13-16(24(32)29-18-10-4-3-9-17(18)27)25(34-22(14)19)30-26-21(23(28)31)15-8-2-5-12-20(15)35-26/h3-4,6-7,9-11,13H,2,5,8,12H2,1H3,(H2,28,31)(H,29,32)/b30-25-. The molecule has 2 aromatic heterocycles. The molecular formula is C26H22FN3O4S. The molecule has 1 aliphatic carbocycles. The first kappa shape index (κ1) is 22.8. The van der Waals surface area contributed by atoms with Crippen molar-refractivity contribution in [3.05, 3.63) is 81.5 Å². The minimum atomic E-state index is -0.607. The van der Waals surface area contributed by atoms with Crippen molar-refractivity contribution in [2.45, 2.75) is 25.7 Å². The molecular weight excluding hydrogens is 469 g/mol. The molecule has 3 N–H and O–H groups in total. The molecule has 5 rings (SSSR count). The van der Waals surface area contributed by atoms with Crippen LogP contribution < -0.4 is 21.3 Å². The topological polar surface area (TPSA) is 107 Å². The van der Waals surface area contributed by atoms with Gasteiger partial charge in [-0.05, 0) is 55.5 Å². The van der Waals surface area contributed by atoms with E-state index in [1.54, 1.807) is 30.3 Å². The van der Waals surface area contributed by atoms with E-state index in [1.165, 1.54) is 36.6 Å². The lowest BCUT2D eigenvalue weighted by Gasteiger charge is -2.11. The summed E-state index contributed by atoms with van der Waals surface area (Å²) in [6, 6.07) is 12.7. The van der Waals surface area contributed by atoms with Crippen LogP contribution in [0.3, 0.4) is 0 Å². The molecule has 178 valence electrons. The number of carbonyl (C=O) groups is 2. The van der Waals surface area contributed by atoms with E-state index in [4.69, 9.17) is 14.9 Å². The van der Waals surface area contributed by atoms with E-state index in [-0.39, 0.29) is 16.8 Å². The van der Waals surface area contributed by atoms with Crippen LogP contribution >= 0.6 is 11.3 Å². The number of thiophene rings is 1. The predicted octanol–water partition coefficient (Wildman–Crippen LogP) is 5.10. The number of amides is 2. The Kier molecular flexibility index (Phi) is 6.08. The van der Waals surface area contributed by atoms with Crippen molar-refractivity contribution in [3.8, 4) is 5.75 Å². The zero-order valence-electron chi connectivity index (χ0n) is 18.9. The van der Waals surface area contributed by atoms with Crippen molar-refractivity contribution in [2.24, 2.45) is 10.7 Å². The molecule has 7 nitrogen and oxygen atoms in total. The fourth-order valence-electron chi connectivity index (χ4n) is 4.26. The smallest absolute Gasteiger partial charge is 0.261 e. The van der Waals surface area contributed by atoms with E-state index >= 15 is 0 Å². The number of primary amides is 1. The van der Waals surface area contributed by atoms with Gasteiger partial charge in [0.05, 0.1) is 18.4 Å². The number of hydrogen-bond acceptors (Lipinski definition) is 6. The van der Waals surface area contributed by atoms with Crippen molar-refractivity contribution >= 4 is 44.8 Å². The number of benzene rings is 2. The molecule has 35 heavy (non-hydrogen) atoms. The normalized spacial score (nSPS) is 13.5. The molecule has 0 aliphatic heterocycles. The van der Waals surface area contributed by atoms with Gasteiger partial charge in [0.25, 0.3) is 11.8 Å². The van der Waals surface area contributed by atoms with E-state index in [0.29, 0.717) is 27.3 Å². The lowest BCUT2D eigenvalue weighted by Crippen LogP contribution is -2.22. The lowest BCUT2D eigenvalue weighted by atomic mass is 9.95. The van der Waals surface area contributed by atoms with E-state index in [1.807, 2.05) is 0 Å². The van der Waals surface area contributed by atoms with Gasteiger partial charge in [-0.1, -0.05) is 24.3 Å². The highest BCUT2D eigenvalue weighted by Crippen LogP contribution is 2.39. The van der Waals surface area contributed by atoms with E-state index in [9.17, 15) is 14.0 Å². The molecule has 9 heteroatoms. The molecule has 0 radical (unpaired) electrons. The summed E-state index contributed by atoms with van der Waals surface area (Å²) in [5.74, 6) is -1.29. The first-order valence-corrected chi connectivity index (χ1v) is 11.9. The molecule has 0 saturated heterocycles. The van der Waals surface area contributed by atoms with Gasteiger partial charge in [0.2, 0.25) is 5.55 Å². The maximum absolute atomic E-state index is 14.2. The van der Waals surface area contributed by atoms with Gasteiger partial charge in [0.15, 0.2) is 11.3 Å². The number of nitrogens with two attached hydrogens (primary N) is 1. The predicted molar refractivity (Wildman–Crippen MR) is 132 cm³/mol. The van der Waals surface area contributed by atoms with E-state index in [2.05, 4.69) is 10.3 Å². The molecule has 1 aliphatic rings. The largest absolute Gasteiger partial charge is 0.493 e. The van der Waals surface area contributed by atoms with E-state index < -0.39 is 17.6 Å². The molecule has 0 unspecified atom stereocenters. The summed E-state index contributed by atoms with van der Waals surface area (Å²) < 4.78 is 25.7. The van der Waals surface area contributed by atoms with Crippen molar-refractivity contribution in [1.82, 2.24) is 0 Å². The molecule has 0 atom stereocenters. The third-order valence-electron chi connectivity index (χ3n) is 5.93. The number of ether oxygens (including phenoxy) is 1. The minimum Gasteiger partial charge on any atom is -0.493 e. The summed E-state index contributed by atoms with van der Waals surface area (Å²) in [5.41, 5.74) is 7.47. The SMILES string of the molecule is COc1cccc2cc(C(=O)Nc3ccccc3F)/c(=N/c3sc4c(c3C(N)=O)CCCC4)oc12. The van der Waals surface area contributed by atoms with Crippen LogP contribution in [0.2, 0.25) is 0 Å². The van der Waals surface area contributed by atoms with Crippen LogP contribution in [-0.2, 0) is 12.8 Å². The van der Waals surface area contributed by atoms with Gasteiger partial charge in [-0.2, -0.15) is 0 Å². The molecule has 0 saturated carbocycles. The molecule has 2 aromatic carbocycles. The van der Waals surface area contributed by atoms with Crippen molar-refractivity contribution in [1.29, 1.82) is 0 Å². The zero-order chi connectivity index (χ0) is 24.5. The summed E-state index contributed by atoms with van der Waals surface area (Å²) in [7, 11) is 1.51. The number of aryl methyl sites for hydroxylation is 1. The average Bonchev–Trinajstić information content (AvgIpc) is 3.22. The van der Waals surface area contributed by atoms with Gasteiger partial charge in [0, 0.05) is 10.3 Å². The summed E-state index contributed by atoms with van der Waals surface area (Å²) in [4.78, 5) is 31.3. The molecule has 2 heterocycles. The van der Waals surface area contributed by atoms with Crippen molar-refractivity contribution in [2.75, 3.05) is 12.4 Å². The highest BCUT2D eigenvalue weighted by molar-refractivity contribution is 7.16. The Morgan fingerprint density at radius 2 is 1.94 bits per heavy atom. The Balaban J connectivity index is 1.73. The average molecular weight is 492 g/mol. The second-order valence-electron chi connectivity index (χ2n) is 8.14. The fraction of sp³-hybridized carbons (Fsp3) is 0.192. The molecule has 0 bridgehead atoms. The Labute approximate surface area is 204 Å². The highest BCUT2D eigenvalue weighted by Gasteiger charge is 2.25. The van der Waals surface area contributed by atoms with Gasteiger partial charge >= 0.3 is 0 Å². The zero-order valence-corrected chi connectivity index (χ0v) is 19.7. The first-order valence-electron chi connectivity index (χ1n) is 11.1. The summed E-state index contributed by atoms with van der Waals surface area (Å²) >= 11 is 1.38. The molecule has 0 fully saturated rings. The van der Waals surface area contributed by atoms with Gasteiger partial charge in [-0.25, -0.2) is 9.38 Å². The fourth-order valence-corrected chi connectivity index (χ4v) is 5.52.